The molecular formula is C8H11NO3S2. The van der Waals surface area contributed by atoms with E-state index in [4.69, 9.17) is 0 Å². The molecule has 0 spiro atoms. The third-order valence-electron chi connectivity index (χ3n) is 1.05. The molecule has 0 N–H and O–H groups in total. The van der Waals surface area contributed by atoms with Gasteiger partial charge in [0.15, 0.2) is 0 Å². The molecule has 0 radical (unpaired) electrons. The van der Waals surface area contributed by atoms with Crippen LogP contribution in [0.4, 0.5) is 0 Å². The van der Waals surface area contributed by atoms with E-state index in [2.05, 4.69) is 13.2 Å². The highest BCUT2D eigenvalue weighted by molar-refractivity contribution is 8.18. The molecule has 4 nitrogen and oxygen atoms in total. The van der Waals surface area contributed by atoms with Gasteiger partial charge in [0.2, 0.25) is 0 Å². The molecule has 1 atom stereocenters. The van der Waals surface area contributed by atoms with Gasteiger partial charge in [-0.1, -0.05) is 24.4 Å². The Bertz CT molecular complexity index is 253. The maximum Gasteiger partial charge on any atom is 0.295 e. The summed E-state index contributed by atoms with van der Waals surface area (Å²) in [4.78, 5) is 9.61. The summed E-state index contributed by atoms with van der Waals surface area (Å²) < 4.78 is 11.6. The molecule has 0 aliphatic carbocycles. The van der Waals surface area contributed by atoms with Crippen LogP contribution in [0.5, 0.6) is 0 Å². The standard InChI is InChI=1S/C8H11NO3S2/c1-3-5-13-8(7-9(10)11)14(12)6-4-2/h3-4,7H,1-2,5-6H2. The zero-order valence-electron chi connectivity index (χ0n) is 7.55. The van der Waals surface area contributed by atoms with Crippen molar-refractivity contribution >= 4 is 22.9 Å². The van der Waals surface area contributed by atoms with Crippen LogP contribution in [0, 0.1) is 10.1 Å². The quantitative estimate of drug-likeness (QED) is 0.291. The first kappa shape index (κ1) is 13.3. The lowest BCUT2D eigenvalue weighted by molar-refractivity contribution is -0.402. The van der Waals surface area contributed by atoms with Crippen LogP contribution < -0.4 is 0 Å². The molecule has 0 saturated carbocycles. The first-order chi connectivity index (χ1) is 6.61. The summed E-state index contributed by atoms with van der Waals surface area (Å²) in [5.41, 5.74) is 0. The summed E-state index contributed by atoms with van der Waals surface area (Å²) in [5, 5.41) is 10.2. The first-order valence-electron chi connectivity index (χ1n) is 3.70. The molecule has 1 unspecified atom stereocenters. The molecule has 78 valence electrons. The van der Waals surface area contributed by atoms with E-state index in [9.17, 15) is 14.7 Å². The van der Waals surface area contributed by atoms with Crippen molar-refractivity contribution < 1.29 is 9.48 Å². The molecule has 0 heterocycles. The van der Waals surface area contributed by atoms with Crippen molar-refractivity contribution in [1.29, 1.82) is 0 Å². The van der Waals surface area contributed by atoms with Gasteiger partial charge >= 0.3 is 0 Å². The van der Waals surface area contributed by atoms with Crippen LogP contribution in [0.25, 0.3) is 0 Å². The van der Waals surface area contributed by atoms with Crippen LogP contribution >= 0.6 is 11.8 Å². The number of thioether (sulfide) groups is 1. The van der Waals surface area contributed by atoms with Crippen molar-refractivity contribution in [2.75, 3.05) is 11.5 Å². The molecule has 0 aliphatic rings. The van der Waals surface area contributed by atoms with Crippen LogP contribution in [0.1, 0.15) is 0 Å². The summed E-state index contributed by atoms with van der Waals surface area (Å²) in [5.74, 6) is 0.729. The van der Waals surface area contributed by atoms with Gasteiger partial charge < -0.3 is 4.55 Å². The smallest absolute Gasteiger partial charge is 0.295 e. The molecule has 0 aliphatic heterocycles. The third-order valence-corrected chi connectivity index (χ3v) is 3.84. The fourth-order valence-electron chi connectivity index (χ4n) is 0.578. The maximum absolute atomic E-state index is 11.4. The van der Waals surface area contributed by atoms with Crippen molar-refractivity contribution in [3.63, 3.8) is 0 Å². The van der Waals surface area contributed by atoms with Gasteiger partial charge in [0.05, 0.1) is 4.92 Å². The molecule has 0 bridgehead atoms. The monoisotopic (exact) mass is 233 g/mol. The summed E-state index contributed by atoms with van der Waals surface area (Å²) in [6.07, 6.45) is 3.84. The minimum atomic E-state index is -1.36. The van der Waals surface area contributed by atoms with Crippen LogP contribution in [-0.4, -0.2) is 21.0 Å². The Hall–Kier alpha value is -0.720. The Morgan fingerprint density at radius 2 is 2.14 bits per heavy atom. The second-order valence-electron chi connectivity index (χ2n) is 2.13. The first-order valence-corrected chi connectivity index (χ1v) is 6.00. The van der Waals surface area contributed by atoms with Gasteiger partial charge in [0.1, 0.15) is 5.75 Å². The second-order valence-corrected chi connectivity index (χ2v) is 4.92. The van der Waals surface area contributed by atoms with Gasteiger partial charge in [-0.15, -0.1) is 6.58 Å². The van der Waals surface area contributed by atoms with E-state index in [0.29, 0.717) is 5.75 Å². The summed E-state index contributed by atoms with van der Waals surface area (Å²) in [6.45, 7) is 6.90. The fraction of sp³-hybridized carbons (Fsp3) is 0.250. The van der Waals surface area contributed by atoms with E-state index in [1.807, 2.05) is 0 Å². The van der Waals surface area contributed by atoms with Gasteiger partial charge in [0.25, 0.3) is 10.4 Å². The number of hydrogen-bond acceptors (Lipinski definition) is 4. The van der Waals surface area contributed by atoms with E-state index in [0.717, 1.165) is 18.0 Å². The lowest BCUT2D eigenvalue weighted by atomic mass is 10.8. The van der Waals surface area contributed by atoms with E-state index < -0.39 is 16.1 Å². The lowest BCUT2D eigenvalue weighted by Crippen LogP contribution is -2.07. The molecule has 0 fully saturated rings. The number of hydrogen-bond donors (Lipinski definition) is 0. The minimum absolute atomic E-state index is 0.226. The maximum atomic E-state index is 11.4. The number of nitro groups is 1. The van der Waals surface area contributed by atoms with Crippen LogP contribution in [0.3, 0.4) is 0 Å². The van der Waals surface area contributed by atoms with Crippen LogP contribution in [0.2, 0.25) is 0 Å². The average molecular weight is 233 g/mol. The Morgan fingerprint density at radius 1 is 1.50 bits per heavy atom. The van der Waals surface area contributed by atoms with E-state index in [-0.39, 0.29) is 9.99 Å². The molecule has 14 heavy (non-hydrogen) atoms. The highest BCUT2D eigenvalue weighted by Gasteiger charge is 2.17. The molecule has 0 rings (SSSR count). The molecule has 0 aromatic carbocycles. The highest BCUT2D eigenvalue weighted by atomic mass is 32.3. The lowest BCUT2D eigenvalue weighted by Gasteiger charge is -2.07. The Labute approximate surface area is 90.1 Å². The molecule has 0 aromatic rings. The molecule has 0 saturated heterocycles. The van der Waals surface area contributed by atoms with Gasteiger partial charge in [-0.2, -0.15) is 0 Å². The van der Waals surface area contributed by atoms with Crippen LogP contribution in [-0.2, 0) is 11.2 Å². The second kappa shape index (κ2) is 7.66. The Balaban J connectivity index is 4.44. The van der Waals surface area contributed by atoms with E-state index >= 15 is 0 Å². The third kappa shape index (κ3) is 5.85. The van der Waals surface area contributed by atoms with Crippen molar-refractivity contribution in [2.45, 2.75) is 0 Å². The topological polar surface area (TPSA) is 66.2 Å². The molecule has 0 aromatic heterocycles. The predicted molar refractivity (Wildman–Crippen MR) is 60.9 cm³/mol. The molecule has 0 amide bonds. The van der Waals surface area contributed by atoms with Crippen molar-refractivity contribution in [2.24, 2.45) is 0 Å². The van der Waals surface area contributed by atoms with Gasteiger partial charge in [-0.25, -0.2) is 0 Å². The predicted octanol–water partition coefficient (Wildman–Crippen LogP) is 1.92. The van der Waals surface area contributed by atoms with Gasteiger partial charge in [0, 0.05) is 16.9 Å². The van der Waals surface area contributed by atoms with Gasteiger partial charge in [-0.05, 0) is 6.08 Å². The molecular weight excluding hydrogens is 222 g/mol. The van der Waals surface area contributed by atoms with Crippen LogP contribution in [0.15, 0.2) is 35.7 Å². The average Bonchev–Trinajstić information content (AvgIpc) is 2.12. The number of nitrogens with zero attached hydrogens (tertiary/aromatic N) is 1. The van der Waals surface area contributed by atoms with E-state index in [1.165, 1.54) is 6.08 Å². The summed E-state index contributed by atoms with van der Waals surface area (Å²) >= 11 is -0.212. The largest absolute Gasteiger partial charge is 0.611 e. The fourth-order valence-corrected chi connectivity index (χ4v) is 2.54. The Kier molecular flexibility index (Phi) is 7.27. The van der Waals surface area contributed by atoms with Crippen molar-refractivity contribution in [1.82, 2.24) is 0 Å². The normalized spacial score (nSPS) is 13.4. The zero-order chi connectivity index (χ0) is 11.0. The summed E-state index contributed by atoms with van der Waals surface area (Å²) in [6, 6.07) is 0. The zero-order valence-corrected chi connectivity index (χ0v) is 9.18. The number of rotatable bonds is 7. The van der Waals surface area contributed by atoms with Crippen molar-refractivity contribution in [3.8, 4) is 0 Å². The molecule has 6 heteroatoms. The van der Waals surface area contributed by atoms with Crippen molar-refractivity contribution in [3.05, 3.63) is 45.9 Å². The minimum Gasteiger partial charge on any atom is -0.611 e. The van der Waals surface area contributed by atoms with E-state index in [1.54, 1.807) is 6.08 Å². The highest BCUT2D eigenvalue weighted by Crippen LogP contribution is 2.22. The Morgan fingerprint density at radius 3 is 2.57 bits per heavy atom. The summed E-state index contributed by atoms with van der Waals surface area (Å²) in [7, 11) is 0. The SMILES string of the molecule is C=CCSC(=C[N+](=O)[O-])[S+]([O-])CC=C. The van der Waals surface area contributed by atoms with Gasteiger partial charge in [-0.3, -0.25) is 10.1 Å².